The van der Waals surface area contributed by atoms with Gasteiger partial charge < -0.3 is 15.0 Å². The number of nitrogens with one attached hydrogen (secondary N) is 2. The molecule has 28 heavy (non-hydrogen) atoms. The number of nitrogens with zero attached hydrogens (tertiary/aromatic N) is 2. The lowest BCUT2D eigenvalue weighted by atomic mass is 10.0. The van der Waals surface area contributed by atoms with Gasteiger partial charge in [0.15, 0.2) is 0 Å². The molecule has 0 spiro atoms. The summed E-state index contributed by atoms with van der Waals surface area (Å²) in [7, 11) is 3.83. The van der Waals surface area contributed by atoms with Gasteiger partial charge in [-0.15, -0.1) is 0 Å². The van der Waals surface area contributed by atoms with Crippen molar-refractivity contribution in [1.29, 1.82) is 0 Å². The monoisotopic (exact) mass is 398 g/mol. The molecule has 0 aliphatic carbocycles. The Bertz CT molecular complexity index is 743. The SMILES string of the molecule is CNCCN(C)Cc1c[nH]nc1-c1ccc(OCCC(C)C)c(C(F)(F)F)c1. The van der Waals surface area contributed by atoms with Crippen molar-refractivity contribution in [1.82, 2.24) is 20.4 Å². The lowest BCUT2D eigenvalue weighted by molar-refractivity contribution is -0.138. The maximum Gasteiger partial charge on any atom is 0.419 e. The summed E-state index contributed by atoms with van der Waals surface area (Å²) < 4.78 is 46.2. The van der Waals surface area contributed by atoms with E-state index in [2.05, 4.69) is 20.4 Å². The first-order chi connectivity index (χ1) is 13.2. The molecule has 0 saturated carbocycles. The number of alkyl halides is 3. The summed E-state index contributed by atoms with van der Waals surface area (Å²) in [4.78, 5) is 2.08. The maximum atomic E-state index is 13.6. The second-order valence-corrected chi connectivity index (χ2v) is 7.34. The van der Waals surface area contributed by atoms with Gasteiger partial charge in [-0.2, -0.15) is 18.3 Å². The van der Waals surface area contributed by atoms with Gasteiger partial charge >= 0.3 is 6.18 Å². The van der Waals surface area contributed by atoms with E-state index in [0.29, 0.717) is 30.1 Å². The van der Waals surface area contributed by atoms with E-state index >= 15 is 0 Å². The highest BCUT2D eigenvalue weighted by molar-refractivity contribution is 5.65. The predicted molar refractivity (Wildman–Crippen MR) is 104 cm³/mol. The summed E-state index contributed by atoms with van der Waals surface area (Å²) in [6.45, 7) is 6.49. The molecule has 8 heteroatoms. The third-order valence-electron chi connectivity index (χ3n) is 4.41. The average Bonchev–Trinajstić information content (AvgIpc) is 3.07. The van der Waals surface area contributed by atoms with Crippen LogP contribution >= 0.6 is 0 Å². The lowest BCUT2D eigenvalue weighted by Crippen LogP contribution is -2.27. The Kier molecular flexibility index (Phi) is 7.88. The average molecular weight is 398 g/mol. The van der Waals surface area contributed by atoms with Gasteiger partial charge in [-0.1, -0.05) is 13.8 Å². The van der Waals surface area contributed by atoms with Gasteiger partial charge in [0.1, 0.15) is 5.75 Å². The van der Waals surface area contributed by atoms with Crippen LogP contribution in [0.15, 0.2) is 24.4 Å². The number of likely N-dealkylation sites (N-methyl/N-ethyl adjacent to an activating group) is 2. The molecule has 0 radical (unpaired) electrons. The molecule has 1 heterocycles. The van der Waals surface area contributed by atoms with E-state index in [-0.39, 0.29) is 12.4 Å². The maximum absolute atomic E-state index is 13.6. The molecular formula is C20H29F3N4O. The largest absolute Gasteiger partial charge is 0.493 e. The molecule has 1 aromatic carbocycles. The van der Waals surface area contributed by atoms with Gasteiger partial charge in [0, 0.05) is 37.0 Å². The molecule has 2 N–H and O–H groups in total. The summed E-state index contributed by atoms with van der Waals surface area (Å²) in [5, 5.41) is 10.0. The van der Waals surface area contributed by atoms with Crippen molar-refractivity contribution in [3.63, 3.8) is 0 Å². The second kappa shape index (κ2) is 9.93. The topological polar surface area (TPSA) is 53.2 Å². The van der Waals surface area contributed by atoms with Crippen LogP contribution in [0.25, 0.3) is 11.3 Å². The third kappa shape index (κ3) is 6.24. The fourth-order valence-electron chi connectivity index (χ4n) is 2.79. The van der Waals surface area contributed by atoms with E-state index in [1.54, 1.807) is 12.3 Å². The zero-order valence-electron chi connectivity index (χ0n) is 16.9. The highest BCUT2D eigenvalue weighted by Crippen LogP contribution is 2.39. The summed E-state index contributed by atoms with van der Waals surface area (Å²) in [5.74, 6) is 0.222. The fraction of sp³-hybridized carbons (Fsp3) is 0.550. The molecule has 1 aromatic heterocycles. The van der Waals surface area contributed by atoms with E-state index in [4.69, 9.17) is 4.74 Å². The molecule has 0 bridgehead atoms. The standard InChI is InChI=1S/C20H29F3N4O/c1-14(2)7-10-28-18-6-5-15(11-17(18)20(21,22)23)19-16(12-25-26-19)13-27(4)9-8-24-3/h5-6,11-12,14,24H,7-10,13H2,1-4H3,(H,25,26). The minimum absolute atomic E-state index is 0.139. The number of halogens is 3. The molecular weight excluding hydrogens is 369 g/mol. The minimum Gasteiger partial charge on any atom is -0.493 e. The first kappa shape index (κ1) is 22.2. The minimum atomic E-state index is -4.50. The number of ether oxygens (including phenoxy) is 1. The number of hydrogen-bond acceptors (Lipinski definition) is 4. The van der Waals surface area contributed by atoms with Crippen LogP contribution < -0.4 is 10.1 Å². The van der Waals surface area contributed by atoms with Crippen LogP contribution in [-0.4, -0.2) is 48.9 Å². The van der Waals surface area contributed by atoms with Gasteiger partial charge in [0.25, 0.3) is 0 Å². The van der Waals surface area contributed by atoms with E-state index in [9.17, 15) is 13.2 Å². The van der Waals surface area contributed by atoms with Gasteiger partial charge in [-0.3, -0.25) is 5.10 Å². The molecule has 2 rings (SSSR count). The second-order valence-electron chi connectivity index (χ2n) is 7.34. The van der Waals surface area contributed by atoms with Crippen molar-refractivity contribution in [3.05, 3.63) is 35.5 Å². The summed E-state index contributed by atoms with van der Waals surface area (Å²) >= 11 is 0. The quantitative estimate of drug-likeness (QED) is 0.631. The molecule has 5 nitrogen and oxygen atoms in total. The first-order valence-electron chi connectivity index (χ1n) is 9.42. The molecule has 0 saturated heterocycles. The Morgan fingerprint density at radius 1 is 1.29 bits per heavy atom. The Hall–Kier alpha value is -2.06. The number of aromatic nitrogens is 2. The van der Waals surface area contributed by atoms with E-state index in [0.717, 1.165) is 24.7 Å². The van der Waals surface area contributed by atoms with Crippen molar-refractivity contribution in [2.75, 3.05) is 33.8 Å². The summed E-state index contributed by atoms with van der Waals surface area (Å²) in [5.41, 5.74) is 1.02. The first-order valence-corrected chi connectivity index (χ1v) is 9.42. The number of hydrogen-bond donors (Lipinski definition) is 2. The Balaban J connectivity index is 2.26. The predicted octanol–water partition coefficient (Wildman–Crippen LogP) is 4.17. The molecule has 0 amide bonds. The Morgan fingerprint density at radius 3 is 2.68 bits per heavy atom. The van der Waals surface area contributed by atoms with Crippen LogP contribution in [0.1, 0.15) is 31.4 Å². The number of H-pyrrole nitrogens is 1. The fourth-order valence-corrected chi connectivity index (χ4v) is 2.79. The summed E-state index contributed by atoms with van der Waals surface area (Å²) in [6, 6.07) is 4.15. The van der Waals surface area contributed by atoms with Crippen LogP contribution in [-0.2, 0) is 12.7 Å². The molecule has 0 unspecified atom stereocenters. The Morgan fingerprint density at radius 2 is 2.04 bits per heavy atom. The Labute approximate surface area is 164 Å². The molecule has 0 aliphatic rings. The van der Waals surface area contributed by atoms with E-state index in [1.807, 2.05) is 27.9 Å². The van der Waals surface area contributed by atoms with Crippen LogP contribution in [0.5, 0.6) is 5.75 Å². The third-order valence-corrected chi connectivity index (χ3v) is 4.41. The molecule has 0 atom stereocenters. The van der Waals surface area contributed by atoms with Crippen LogP contribution in [0.3, 0.4) is 0 Å². The molecule has 0 fully saturated rings. The van der Waals surface area contributed by atoms with Gasteiger partial charge in [-0.05, 0) is 44.6 Å². The van der Waals surface area contributed by atoms with Gasteiger partial charge in [-0.25, -0.2) is 0 Å². The zero-order valence-corrected chi connectivity index (χ0v) is 16.9. The van der Waals surface area contributed by atoms with E-state index < -0.39 is 11.7 Å². The van der Waals surface area contributed by atoms with Gasteiger partial charge in [0.2, 0.25) is 0 Å². The smallest absolute Gasteiger partial charge is 0.419 e. The van der Waals surface area contributed by atoms with Crippen LogP contribution in [0.2, 0.25) is 0 Å². The highest BCUT2D eigenvalue weighted by atomic mass is 19.4. The number of aromatic amines is 1. The zero-order chi connectivity index (χ0) is 20.7. The van der Waals surface area contributed by atoms with Crippen molar-refractivity contribution in [2.45, 2.75) is 33.0 Å². The van der Waals surface area contributed by atoms with Crippen molar-refractivity contribution >= 4 is 0 Å². The van der Waals surface area contributed by atoms with Crippen molar-refractivity contribution in [3.8, 4) is 17.0 Å². The lowest BCUT2D eigenvalue weighted by Gasteiger charge is -2.17. The number of rotatable bonds is 10. The molecule has 0 aliphatic heterocycles. The van der Waals surface area contributed by atoms with Gasteiger partial charge in [0.05, 0.1) is 17.9 Å². The normalized spacial score (nSPS) is 12.2. The summed E-state index contributed by atoms with van der Waals surface area (Å²) in [6.07, 6.45) is -2.07. The van der Waals surface area contributed by atoms with Crippen LogP contribution in [0.4, 0.5) is 13.2 Å². The number of benzene rings is 1. The van der Waals surface area contributed by atoms with Crippen molar-refractivity contribution < 1.29 is 17.9 Å². The van der Waals surface area contributed by atoms with Crippen molar-refractivity contribution in [2.24, 2.45) is 5.92 Å². The van der Waals surface area contributed by atoms with Crippen LogP contribution in [0, 0.1) is 5.92 Å². The molecule has 156 valence electrons. The van der Waals surface area contributed by atoms with E-state index in [1.165, 1.54) is 6.07 Å². The molecule has 2 aromatic rings. The highest BCUT2D eigenvalue weighted by Gasteiger charge is 2.35.